The molecule has 4 aliphatic rings. The van der Waals surface area contributed by atoms with Gasteiger partial charge < -0.3 is 5.11 Å². The van der Waals surface area contributed by atoms with Crippen LogP contribution in [0.5, 0.6) is 0 Å². The molecule has 3 saturated carbocycles. The summed E-state index contributed by atoms with van der Waals surface area (Å²) in [5.74, 6) is 2.53. The fourth-order valence-corrected chi connectivity index (χ4v) is 6.80. The van der Waals surface area contributed by atoms with Crippen molar-refractivity contribution in [1.82, 2.24) is 0 Å². The van der Waals surface area contributed by atoms with E-state index in [-0.39, 0.29) is 6.10 Å². The van der Waals surface area contributed by atoms with Crippen LogP contribution in [0.4, 0.5) is 0 Å². The van der Waals surface area contributed by atoms with Crippen molar-refractivity contribution in [2.75, 3.05) is 7.05 Å². The third-order valence-electron chi connectivity index (χ3n) is 8.09. The summed E-state index contributed by atoms with van der Waals surface area (Å²) in [6, 6.07) is 0. The summed E-state index contributed by atoms with van der Waals surface area (Å²) in [5.41, 5.74) is 3.83. The third kappa shape index (κ3) is 1.85. The maximum absolute atomic E-state index is 10.1. The molecule has 0 aromatic rings. The molecular weight excluding hydrogens is 270 g/mol. The van der Waals surface area contributed by atoms with Crippen molar-refractivity contribution in [2.45, 2.75) is 71.3 Å². The summed E-state index contributed by atoms with van der Waals surface area (Å²) in [7, 11) is 2.00. The van der Waals surface area contributed by atoms with Gasteiger partial charge in [0.1, 0.15) is 0 Å². The SMILES string of the molecule is CN=C1CCC2C3CC=C4C[C@@H](O)CC[C@]4(C)C3CC[C@]12C. The van der Waals surface area contributed by atoms with Gasteiger partial charge in [0.25, 0.3) is 0 Å². The molecule has 2 heteroatoms. The Morgan fingerprint density at radius 2 is 1.82 bits per heavy atom. The highest BCUT2D eigenvalue weighted by Gasteiger charge is 2.57. The Morgan fingerprint density at radius 1 is 1.09 bits per heavy atom. The second-order valence-electron chi connectivity index (χ2n) is 8.82. The highest BCUT2D eigenvalue weighted by Crippen LogP contribution is 2.64. The van der Waals surface area contributed by atoms with Crippen molar-refractivity contribution in [3.63, 3.8) is 0 Å². The zero-order valence-electron chi connectivity index (χ0n) is 14.4. The van der Waals surface area contributed by atoms with Gasteiger partial charge in [-0.25, -0.2) is 0 Å². The van der Waals surface area contributed by atoms with Crippen molar-refractivity contribution >= 4 is 5.71 Å². The van der Waals surface area contributed by atoms with Gasteiger partial charge in [-0.2, -0.15) is 0 Å². The van der Waals surface area contributed by atoms with Crippen LogP contribution in [0.25, 0.3) is 0 Å². The topological polar surface area (TPSA) is 32.6 Å². The lowest BCUT2D eigenvalue weighted by Gasteiger charge is -2.57. The molecule has 4 rings (SSSR count). The molecule has 4 aliphatic carbocycles. The van der Waals surface area contributed by atoms with Crippen LogP contribution in [0.2, 0.25) is 0 Å². The number of allylic oxidation sites excluding steroid dienone is 1. The Bertz CT molecular complexity index is 536. The summed E-state index contributed by atoms with van der Waals surface area (Å²) in [4.78, 5) is 4.66. The van der Waals surface area contributed by atoms with Crippen LogP contribution in [-0.2, 0) is 0 Å². The van der Waals surface area contributed by atoms with Crippen molar-refractivity contribution in [2.24, 2.45) is 33.6 Å². The zero-order chi connectivity index (χ0) is 15.5. The Kier molecular flexibility index (Phi) is 3.35. The molecule has 0 aromatic heterocycles. The Hall–Kier alpha value is -0.630. The maximum atomic E-state index is 10.1. The smallest absolute Gasteiger partial charge is 0.0577 e. The summed E-state index contributed by atoms with van der Waals surface area (Å²) < 4.78 is 0. The van der Waals surface area contributed by atoms with Gasteiger partial charge in [0.05, 0.1) is 6.10 Å². The highest BCUT2D eigenvalue weighted by molar-refractivity contribution is 5.92. The number of aliphatic imine (C=N–C) groups is 1. The van der Waals surface area contributed by atoms with E-state index in [1.807, 2.05) is 7.05 Å². The van der Waals surface area contributed by atoms with Gasteiger partial charge in [-0.3, -0.25) is 4.99 Å². The standard InChI is InChI=1S/C20H31NO/c1-19-10-8-14(22)12-13(19)4-5-15-16-6-7-18(21-3)20(16,2)11-9-17(15)19/h4,14-17,22H,5-12H2,1-3H3/t14-,15?,16?,17?,19-,20-/m0/s1. The fraction of sp³-hybridized carbons (Fsp3) is 0.850. The van der Waals surface area contributed by atoms with Crippen LogP contribution in [0.1, 0.15) is 65.2 Å². The molecule has 22 heavy (non-hydrogen) atoms. The molecule has 0 saturated heterocycles. The van der Waals surface area contributed by atoms with E-state index >= 15 is 0 Å². The molecule has 0 heterocycles. The number of hydrogen-bond donors (Lipinski definition) is 1. The molecule has 0 aromatic carbocycles. The van der Waals surface area contributed by atoms with Gasteiger partial charge in [0, 0.05) is 18.2 Å². The monoisotopic (exact) mass is 301 g/mol. The molecule has 3 unspecified atom stereocenters. The molecule has 0 aliphatic heterocycles. The summed E-state index contributed by atoms with van der Waals surface area (Å²) in [6.45, 7) is 5.00. The number of rotatable bonds is 0. The van der Waals surface area contributed by atoms with E-state index in [4.69, 9.17) is 0 Å². The molecule has 3 fully saturated rings. The largest absolute Gasteiger partial charge is 0.393 e. The fourth-order valence-electron chi connectivity index (χ4n) is 6.80. The molecular formula is C20H31NO. The third-order valence-corrected chi connectivity index (χ3v) is 8.09. The van der Waals surface area contributed by atoms with Crippen molar-refractivity contribution < 1.29 is 5.11 Å². The van der Waals surface area contributed by atoms with Crippen LogP contribution in [0.3, 0.4) is 0 Å². The first-order valence-electron chi connectivity index (χ1n) is 9.33. The molecule has 2 nitrogen and oxygen atoms in total. The average Bonchev–Trinajstić information content (AvgIpc) is 2.84. The quantitative estimate of drug-likeness (QED) is 0.662. The van der Waals surface area contributed by atoms with E-state index in [1.54, 1.807) is 5.57 Å². The van der Waals surface area contributed by atoms with Gasteiger partial charge >= 0.3 is 0 Å². The number of aliphatic hydroxyl groups is 1. The maximum Gasteiger partial charge on any atom is 0.0577 e. The summed E-state index contributed by atoms with van der Waals surface area (Å²) in [6.07, 6.45) is 12.1. The lowest BCUT2D eigenvalue weighted by molar-refractivity contribution is -0.0209. The van der Waals surface area contributed by atoms with E-state index in [9.17, 15) is 5.11 Å². The first-order chi connectivity index (χ1) is 10.5. The van der Waals surface area contributed by atoms with Crippen molar-refractivity contribution in [3.8, 4) is 0 Å². The van der Waals surface area contributed by atoms with Crippen LogP contribution in [-0.4, -0.2) is 24.0 Å². The van der Waals surface area contributed by atoms with Crippen LogP contribution >= 0.6 is 0 Å². The van der Waals surface area contributed by atoms with Gasteiger partial charge in [-0.15, -0.1) is 0 Å². The van der Waals surface area contributed by atoms with E-state index in [1.165, 1.54) is 44.2 Å². The normalized spacial score (nSPS) is 52.7. The minimum absolute atomic E-state index is 0.0879. The molecule has 1 N–H and O–H groups in total. The van der Waals surface area contributed by atoms with Crippen molar-refractivity contribution in [3.05, 3.63) is 11.6 Å². The van der Waals surface area contributed by atoms with Gasteiger partial charge in [-0.1, -0.05) is 25.5 Å². The van der Waals surface area contributed by atoms with E-state index in [0.717, 1.165) is 30.6 Å². The zero-order valence-corrected chi connectivity index (χ0v) is 14.4. The second kappa shape index (κ2) is 4.93. The van der Waals surface area contributed by atoms with E-state index < -0.39 is 0 Å². The number of fused-ring (bicyclic) bond motifs is 5. The first kappa shape index (κ1) is 14.9. The van der Waals surface area contributed by atoms with Gasteiger partial charge in [-0.05, 0) is 74.5 Å². The van der Waals surface area contributed by atoms with Crippen LogP contribution in [0.15, 0.2) is 16.6 Å². The first-order valence-corrected chi connectivity index (χ1v) is 9.33. The predicted molar refractivity (Wildman–Crippen MR) is 91.1 cm³/mol. The minimum atomic E-state index is -0.0879. The lowest BCUT2D eigenvalue weighted by Crippen LogP contribution is -2.50. The van der Waals surface area contributed by atoms with E-state index in [0.29, 0.717) is 10.8 Å². The van der Waals surface area contributed by atoms with Crippen LogP contribution < -0.4 is 0 Å². The number of aliphatic hydroxyl groups excluding tert-OH is 1. The predicted octanol–water partition coefficient (Wildman–Crippen LogP) is 4.38. The Labute approximate surface area is 135 Å². The minimum Gasteiger partial charge on any atom is -0.393 e. The molecule has 0 amide bonds. The molecule has 0 radical (unpaired) electrons. The molecule has 6 atom stereocenters. The average molecular weight is 301 g/mol. The van der Waals surface area contributed by atoms with Gasteiger partial charge in [0.2, 0.25) is 0 Å². The molecule has 122 valence electrons. The number of hydrogen-bond acceptors (Lipinski definition) is 2. The van der Waals surface area contributed by atoms with Gasteiger partial charge in [0.15, 0.2) is 0 Å². The molecule has 0 bridgehead atoms. The van der Waals surface area contributed by atoms with Crippen LogP contribution in [0, 0.1) is 28.6 Å². The lowest BCUT2D eigenvalue weighted by atomic mass is 9.48. The second-order valence-corrected chi connectivity index (χ2v) is 8.82. The Balaban J connectivity index is 1.69. The highest BCUT2D eigenvalue weighted by atomic mass is 16.3. The number of nitrogens with zero attached hydrogens (tertiary/aromatic N) is 1. The van der Waals surface area contributed by atoms with E-state index in [2.05, 4.69) is 24.9 Å². The summed E-state index contributed by atoms with van der Waals surface area (Å²) >= 11 is 0. The van der Waals surface area contributed by atoms with Crippen molar-refractivity contribution in [1.29, 1.82) is 0 Å². The molecule has 0 spiro atoms. The Morgan fingerprint density at radius 3 is 2.59 bits per heavy atom. The summed E-state index contributed by atoms with van der Waals surface area (Å²) in [5, 5.41) is 10.1.